The van der Waals surface area contributed by atoms with E-state index in [1.165, 1.54) is 11.6 Å². The second-order valence-electron chi connectivity index (χ2n) is 12.4. The topological polar surface area (TPSA) is 77.8 Å². The minimum absolute atomic E-state index is 0.0592. The first-order valence-electron chi connectivity index (χ1n) is 13.9. The molecule has 0 amide bonds. The van der Waals surface area contributed by atoms with Gasteiger partial charge in [0.05, 0.1) is 23.7 Å². The van der Waals surface area contributed by atoms with Crippen molar-refractivity contribution in [3.63, 3.8) is 0 Å². The van der Waals surface area contributed by atoms with Gasteiger partial charge in [0, 0.05) is 6.42 Å². The van der Waals surface area contributed by atoms with E-state index in [1.54, 1.807) is 6.08 Å². The Morgan fingerprint density at radius 2 is 1.74 bits per heavy atom. The highest BCUT2D eigenvalue weighted by atomic mass is 19.4. The zero-order chi connectivity index (χ0) is 29.0. The highest BCUT2D eigenvalue weighted by molar-refractivity contribution is 5.94. The number of aliphatic hydroxyl groups is 3. The van der Waals surface area contributed by atoms with Gasteiger partial charge in [-0.2, -0.15) is 22.0 Å². The molecule has 7 atom stereocenters. The largest absolute Gasteiger partial charge is 0.461 e. The molecule has 0 saturated heterocycles. The normalized spacial score (nSPS) is 36.8. The van der Waals surface area contributed by atoms with Crippen LogP contribution in [0.1, 0.15) is 71.6 Å². The van der Waals surface area contributed by atoms with Crippen molar-refractivity contribution in [2.75, 3.05) is 0 Å². The van der Waals surface area contributed by atoms with Crippen molar-refractivity contribution in [2.24, 2.45) is 28.6 Å². The van der Waals surface area contributed by atoms with E-state index >= 15 is 0 Å². The van der Waals surface area contributed by atoms with E-state index < -0.39 is 41.6 Å². The molecule has 0 aromatic rings. The lowest BCUT2D eigenvalue weighted by atomic mass is 9.61. The average Bonchev–Trinajstić information content (AvgIpc) is 3.58. The molecule has 4 nitrogen and oxygen atoms in total. The number of Topliss-reactive ketones (excluding diaryl/α,β-unsaturated/α-hetero) is 1. The SMILES string of the molecule is C=C1C(=CC=C2CCC[C@]3(C)[C@@H]([C@H](C)C=C[C@@H](O)C4(C(=O)C(F)(F)C(F)(F)F)CC4)CC[C@@H]23)C[C@@H](O)C[C@@H]1O. The molecule has 0 aliphatic heterocycles. The van der Waals surface area contributed by atoms with Gasteiger partial charge in [0.15, 0.2) is 0 Å². The number of carbonyl (C=O) groups excluding carboxylic acids is 1. The first kappa shape index (κ1) is 30.1. The molecule has 4 aliphatic carbocycles. The summed E-state index contributed by atoms with van der Waals surface area (Å²) < 4.78 is 65.8. The summed E-state index contributed by atoms with van der Waals surface area (Å²) in [5, 5.41) is 30.7. The number of hydrogen-bond acceptors (Lipinski definition) is 4. The fraction of sp³-hybridized carbons (Fsp3) is 0.700. The molecular formula is C30H39F5O4. The molecule has 0 aromatic heterocycles. The minimum atomic E-state index is -5.99. The Labute approximate surface area is 226 Å². The van der Waals surface area contributed by atoms with Crippen LogP contribution >= 0.6 is 0 Å². The Kier molecular flexibility index (Phi) is 8.13. The third-order valence-corrected chi connectivity index (χ3v) is 9.98. The van der Waals surface area contributed by atoms with Crippen molar-refractivity contribution < 1.29 is 42.1 Å². The van der Waals surface area contributed by atoms with Gasteiger partial charge in [0.2, 0.25) is 5.78 Å². The van der Waals surface area contributed by atoms with Crippen LogP contribution in [0.15, 0.2) is 47.6 Å². The lowest BCUT2D eigenvalue weighted by Gasteiger charge is -2.44. The van der Waals surface area contributed by atoms with Crippen LogP contribution in [0.25, 0.3) is 0 Å². The van der Waals surface area contributed by atoms with Crippen molar-refractivity contribution in [3.8, 4) is 0 Å². The highest BCUT2D eigenvalue weighted by Crippen LogP contribution is 2.60. The number of ketones is 1. The maximum Gasteiger partial charge on any atom is 0.461 e. The molecule has 0 radical (unpaired) electrons. The van der Waals surface area contributed by atoms with Gasteiger partial charge in [-0.15, -0.1) is 0 Å². The maximum atomic E-state index is 13.7. The Morgan fingerprint density at radius 3 is 2.36 bits per heavy atom. The highest BCUT2D eigenvalue weighted by Gasteiger charge is 2.71. The number of alkyl halides is 5. The lowest BCUT2D eigenvalue weighted by Crippen LogP contribution is -2.50. The van der Waals surface area contributed by atoms with E-state index in [0.29, 0.717) is 17.9 Å². The molecule has 4 rings (SSSR count). The summed E-state index contributed by atoms with van der Waals surface area (Å²) in [7, 11) is 0. The smallest absolute Gasteiger partial charge is 0.393 e. The van der Waals surface area contributed by atoms with Gasteiger partial charge in [-0.1, -0.05) is 50.3 Å². The van der Waals surface area contributed by atoms with Crippen molar-refractivity contribution in [1.82, 2.24) is 0 Å². The molecule has 0 heterocycles. The summed E-state index contributed by atoms with van der Waals surface area (Å²) in [5.41, 5.74) is 0.638. The molecule has 4 saturated carbocycles. The van der Waals surface area contributed by atoms with Crippen LogP contribution in [0.5, 0.6) is 0 Å². The van der Waals surface area contributed by atoms with Crippen molar-refractivity contribution >= 4 is 5.78 Å². The monoisotopic (exact) mass is 558 g/mol. The summed E-state index contributed by atoms with van der Waals surface area (Å²) in [6.07, 6.45) is 3.03. The lowest BCUT2D eigenvalue weighted by molar-refractivity contribution is -0.272. The van der Waals surface area contributed by atoms with E-state index in [1.807, 2.05) is 13.0 Å². The first-order valence-corrected chi connectivity index (χ1v) is 13.9. The van der Waals surface area contributed by atoms with Gasteiger partial charge in [-0.3, -0.25) is 4.79 Å². The Balaban J connectivity index is 1.47. The third kappa shape index (κ3) is 5.43. The fourth-order valence-corrected chi connectivity index (χ4v) is 7.44. The summed E-state index contributed by atoms with van der Waals surface area (Å²) in [5.74, 6) is -7.31. The maximum absolute atomic E-state index is 13.7. The molecule has 218 valence electrons. The Morgan fingerprint density at radius 1 is 1.08 bits per heavy atom. The number of hydrogen-bond donors (Lipinski definition) is 3. The van der Waals surface area contributed by atoms with E-state index in [2.05, 4.69) is 19.6 Å². The van der Waals surface area contributed by atoms with Gasteiger partial charge < -0.3 is 15.3 Å². The molecule has 3 N–H and O–H groups in total. The molecule has 0 spiro atoms. The number of carbonyl (C=O) groups is 1. The molecule has 0 aromatic carbocycles. The third-order valence-electron chi connectivity index (χ3n) is 9.98. The fourth-order valence-electron chi connectivity index (χ4n) is 7.44. The Bertz CT molecular complexity index is 1070. The zero-order valence-corrected chi connectivity index (χ0v) is 22.5. The van der Waals surface area contributed by atoms with Gasteiger partial charge >= 0.3 is 12.1 Å². The second-order valence-corrected chi connectivity index (χ2v) is 12.4. The summed E-state index contributed by atoms with van der Waals surface area (Å²) in [6, 6.07) is 0. The number of allylic oxidation sites excluding steroid dienone is 4. The predicted molar refractivity (Wildman–Crippen MR) is 137 cm³/mol. The molecule has 0 bridgehead atoms. The number of aliphatic hydroxyl groups excluding tert-OH is 3. The number of fused-ring (bicyclic) bond motifs is 1. The van der Waals surface area contributed by atoms with Crippen LogP contribution in [0, 0.1) is 28.6 Å². The minimum Gasteiger partial charge on any atom is -0.393 e. The van der Waals surface area contributed by atoms with Gasteiger partial charge in [0.1, 0.15) is 0 Å². The number of halogens is 5. The second kappa shape index (κ2) is 10.5. The van der Waals surface area contributed by atoms with Crippen molar-refractivity contribution in [2.45, 2.75) is 102 Å². The summed E-state index contributed by atoms with van der Waals surface area (Å²) in [6.45, 7) is 8.17. The zero-order valence-electron chi connectivity index (χ0n) is 22.5. The molecule has 4 fully saturated rings. The predicted octanol–water partition coefficient (Wildman–Crippen LogP) is 6.23. The summed E-state index contributed by atoms with van der Waals surface area (Å²) >= 11 is 0. The van der Waals surface area contributed by atoms with E-state index in [0.717, 1.165) is 37.7 Å². The van der Waals surface area contributed by atoms with Gasteiger partial charge in [-0.05, 0) is 85.7 Å². The molecule has 4 aliphatic rings. The van der Waals surface area contributed by atoms with E-state index in [-0.39, 0.29) is 36.5 Å². The average molecular weight is 559 g/mol. The van der Waals surface area contributed by atoms with Gasteiger partial charge in [-0.25, -0.2) is 0 Å². The van der Waals surface area contributed by atoms with Crippen LogP contribution in [-0.4, -0.2) is 51.5 Å². The Hall–Kier alpha value is -1.84. The quantitative estimate of drug-likeness (QED) is 0.256. The molecule has 0 unspecified atom stereocenters. The summed E-state index contributed by atoms with van der Waals surface area (Å²) in [4.78, 5) is 12.1. The number of rotatable bonds is 7. The van der Waals surface area contributed by atoms with E-state index in [9.17, 15) is 42.1 Å². The van der Waals surface area contributed by atoms with E-state index in [4.69, 9.17) is 0 Å². The molecule has 9 heteroatoms. The van der Waals surface area contributed by atoms with Crippen molar-refractivity contribution in [3.05, 3.63) is 47.6 Å². The van der Waals surface area contributed by atoms with Crippen LogP contribution < -0.4 is 0 Å². The molecular weight excluding hydrogens is 519 g/mol. The van der Waals surface area contributed by atoms with Crippen LogP contribution in [0.2, 0.25) is 0 Å². The standard InChI is InChI=1S/C30H39F5O4/c1-17(6-11-25(38)28(13-14-28)26(39)29(31,32)30(33,34)35)22-9-10-23-19(5-4-12-27(22,23)3)7-8-20-15-21(36)16-24(37)18(20)2/h6-8,11,17,21-25,36-38H,2,4-5,9-10,12-16H2,1,3H3/t17-,21-,22-,23+,24+,25-,27-/m1/s1. The van der Waals surface area contributed by atoms with Crippen molar-refractivity contribution in [1.29, 1.82) is 0 Å². The first-order chi connectivity index (χ1) is 18.0. The van der Waals surface area contributed by atoms with Crippen LogP contribution in [-0.2, 0) is 4.79 Å². The van der Waals surface area contributed by atoms with Crippen LogP contribution in [0.4, 0.5) is 22.0 Å². The molecule has 39 heavy (non-hydrogen) atoms. The van der Waals surface area contributed by atoms with Crippen LogP contribution in [0.3, 0.4) is 0 Å². The van der Waals surface area contributed by atoms with Gasteiger partial charge in [0.25, 0.3) is 0 Å².